The van der Waals surface area contributed by atoms with E-state index in [9.17, 15) is 8.66 Å². The fourth-order valence-electron chi connectivity index (χ4n) is 3.65. The van der Waals surface area contributed by atoms with Crippen LogP contribution in [0.3, 0.4) is 0 Å². The second kappa shape index (κ2) is 9.07. The van der Waals surface area contributed by atoms with E-state index < -0.39 is 19.6 Å². The normalized spacial score (nSPS) is 11.3. The topological polar surface area (TPSA) is 43.4 Å². The number of esters is 1. The number of carbonyl (C=O) groups excluding carboxylic acids is 1. The number of hydrogen-bond donors (Lipinski definition) is 0. The van der Waals surface area contributed by atoms with E-state index in [4.69, 9.17) is 4.74 Å². The van der Waals surface area contributed by atoms with E-state index in [2.05, 4.69) is 45.0 Å². The van der Waals surface area contributed by atoms with Gasteiger partial charge in [-0.25, -0.2) is 0 Å². The van der Waals surface area contributed by atoms with Crippen molar-refractivity contribution < 1.29 is 27.0 Å². The molecule has 0 N–H and O–H groups in total. The average molecular weight is 447 g/mol. The minimum Gasteiger partial charge on any atom is -0.0555 e. The molecule has 0 amide bonds. The molecule has 3 aromatic rings. The van der Waals surface area contributed by atoms with E-state index in [-0.39, 0.29) is 0 Å². The predicted molar refractivity (Wildman–Crippen MR) is 117 cm³/mol. The molecule has 3 aromatic carbocycles. The summed E-state index contributed by atoms with van der Waals surface area (Å²) in [5, 5.41) is 0. The molecule has 0 aromatic heterocycles. The second-order valence-electron chi connectivity index (χ2n) is 7.83. The van der Waals surface area contributed by atoms with Crippen molar-refractivity contribution in [3.05, 3.63) is 93.0 Å². The number of rotatable bonds is 5. The number of hydrogen-bond acceptors (Lipinski definition) is 3. The molecule has 0 aliphatic rings. The van der Waals surface area contributed by atoms with Crippen molar-refractivity contribution in [1.29, 1.82) is 0 Å². The van der Waals surface area contributed by atoms with Gasteiger partial charge in [0.2, 0.25) is 0 Å². The summed E-state index contributed by atoms with van der Waals surface area (Å²) in [6.07, 6.45) is 0.842. The zero-order valence-corrected chi connectivity index (χ0v) is 19.4. The average Bonchev–Trinajstić information content (AvgIpc) is 2.68. The molecule has 3 rings (SSSR count). The van der Waals surface area contributed by atoms with Crippen LogP contribution in [0.15, 0.2) is 48.5 Å². The maximum atomic E-state index is 12.6. The first-order valence-corrected chi connectivity index (χ1v) is 11.8. The van der Waals surface area contributed by atoms with E-state index in [1.54, 1.807) is 30.1 Å². The zero-order chi connectivity index (χ0) is 22.0. The van der Waals surface area contributed by atoms with Crippen molar-refractivity contribution in [2.24, 2.45) is 0 Å². The van der Waals surface area contributed by atoms with E-state index in [1.165, 1.54) is 27.8 Å². The minimum atomic E-state index is -1.40. The molecule has 0 fully saturated rings. The standard InChI is InChI=1S/C25H25O2.CH3.Co.O/c1-16-11-21(12-17(2)20(16)5)15-22-13-18(3)24(19(4)14-22)27-25(26)23-9-7-6-8-10-23;;;/h7-14H,15H2,1-5H3;1H3;;. The Morgan fingerprint density at radius 2 is 1.27 bits per heavy atom. The van der Waals surface area contributed by atoms with Gasteiger partial charge in [0.15, 0.2) is 0 Å². The van der Waals surface area contributed by atoms with Crippen LogP contribution in [0.5, 0.6) is 5.75 Å². The van der Waals surface area contributed by atoms with Gasteiger partial charge in [-0.2, -0.15) is 0 Å². The van der Waals surface area contributed by atoms with Crippen LogP contribution >= 0.6 is 0 Å². The van der Waals surface area contributed by atoms with Crippen molar-refractivity contribution in [2.75, 3.05) is 0 Å². The minimum absolute atomic E-state index is 0.406. The van der Waals surface area contributed by atoms with Crippen LogP contribution in [0.25, 0.3) is 0 Å². The summed E-state index contributed by atoms with van der Waals surface area (Å²) in [6.45, 7) is 10.4. The Balaban J connectivity index is 1.80. The molecule has 3 nitrogen and oxygen atoms in total. The van der Waals surface area contributed by atoms with E-state index in [0.29, 0.717) is 11.3 Å². The van der Waals surface area contributed by atoms with Gasteiger partial charge in [0, 0.05) is 0 Å². The molecule has 0 heterocycles. The van der Waals surface area contributed by atoms with Crippen LogP contribution in [-0.2, 0) is 23.9 Å². The number of ether oxygens (including phenoxy) is 1. The largest absolute Gasteiger partial charge is 0.0555 e. The van der Waals surface area contributed by atoms with Gasteiger partial charge in [0.05, 0.1) is 0 Å². The Hall–Kier alpha value is -2.56. The first kappa shape index (κ1) is 22.1. The SMILES string of the molecule is Cc1cc(Cc2cc(C)c(OC(=O)c3cc[c]([Co]([CH3])=[O])cc3)c(C)c2)cc(C)c1C. The quantitative estimate of drug-likeness (QED) is 0.374. The van der Waals surface area contributed by atoms with Crippen LogP contribution < -0.4 is 9.23 Å². The van der Waals surface area contributed by atoms with Crippen LogP contribution in [0, 0.1) is 34.6 Å². The molecule has 0 spiro atoms. The molecule has 0 bridgehead atoms. The Bertz CT molecular complexity index is 1080. The Morgan fingerprint density at radius 1 is 0.800 bits per heavy atom. The Kier molecular flexibility index (Phi) is 6.69. The third kappa shape index (κ3) is 4.94. The summed E-state index contributed by atoms with van der Waals surface area (Å²) in [5.74, 6) is 1.84. The Labute approximate surface area is 183 Å². The number of aryl methyl sites for hydroxylation is 4. The third-order valence-corrected chi connectivity index (χ3v) is 6.64. The molecule has 0 radical (unpaired) electrons. The fraction of sp³-hybridized carbons (Fsp3) is 0.269. The molecule has 0 atom stereocenters. The fourth-order valence-corrected chi connectivity index (χ4v) is 4.31. The summed E-state index contributed by atoms with van der Waals surface area (Å²) in [4.78, 5) is 12.6. The van der Waals surface area contributed by atoms with Crippen LogP contribution in [0.1, 0.15) is 49.3 Å². The first-order chi connectivity index (χ1) is 14.2. The van der Waals surface area contributed by atoms with Gasteiger partial charge in [0.1, 0.15) is 0 Å². The summed E-state index contributed by atoms with van der Waals surface area (Å²) < 4.78 is 18.0. The van der Waals surface area contributed by atoms with Gasteiger partial charge >= 0.3 is 134 Å². The van der Waals surface area contributed by atoms with Crippen molar-refractivity contribution in [2.45, 2.75) is 46.9 Å². The van der Waals surface area contributed by atoms with Gasteiger partial charge < -0.3 is 0 Å². The zero-order valence-electron chi connectivity index (χ0n) is 18.4. The molecule has 0 saturated heterocycles. The second-order valence-corrected chi connectivity index (χ2v) is 9.59. The molecule has 4 heteroatoms. The van der Waals surface area contributed by atoms with Gasteiger partial charge in [-0.3, -0.25) is 0 Å². The maximum absolute atomic E-state index is 12.6. The number of benzene rings is 3. The summed E-state index contributed by atoms with van der Waals surface area (Å²) >= 11 is -1.40. The molecule has 159 valence electrons. The summed E-state index contributed by atoms with van der Waals surface area (Å²) in [7, 11) is 0. The molecule has 0 aliphatic heterocycles. The monoisotopic (exact) mass is 447 g/mol. The van der Waals surface area contributed by atoms with Gasteiger partial charge in [-0.05, 0) is 37.5 Å². The summed E-state index contributed by atoms with van der Waals surface area (Å²) in [6, 6.07) is 15.4. The molecule has 0 aliphatic carbocycles. The molecule has 0 unspecified atom stereocenters. The Morgan fingerprint density at radius 3 is 1.73 bits per heavy atom. The maximum Gasteiger partial charge on any atom is -0.0392 e. The number of carbonyl (C=O) groups is 1. The molecule has 30 heavy (non-hydrogen) atoms. The predicted octanol–water partition coefficient (Wildman–Crippen LogP) is 5.68. The van der Waals surface area contributed by atoms with Gasteiger partial charge in [0.25, 0.3) is 0 Å². The summed E-state index contributed by atoms with van der Waals surface area (Å²) in [5.41, 5.74) is 8.76. The van der Waals surface area contributed by atoms with E-state index in [0.717, 1.165) is 22.0 Å². The molecule has 0 saturated carbocycles. The first-order valence-electron chi connectivity index (χ1n) is 9.84. The third-order valence-electron chi connectivity index (χ3n) is 5.45. The molecular weight excluding hydrogens is 419 g/mol. The van der Waals surface area contributed by atoms with Crippen LogP contribution in [-0.4, -0.2) is 5.97 Å². The van der Waals surface area contributed by atoms with Gasteiger partial charge in [-0.1, -0.05) is 12.1 Å². The van der Waals surface area contributed by atoms with E-state index >= 15 is 0 Å². The van der Waals surface area contributed by atoms with Crippen LogP contribution in [0.4, 0.5) is 0 Å². The van der Waals surface area contributed by atoms with Gasteiger partial charge in [-0.15, -0.1) is 0 Å². The van der Waals surface area contributed by atoms with Crippen molar-refractivity contribution >= 4 is 10.5 Å². The van der Waals surface area contributed by atoms with E-state index in [1.807, 2.05) is 13.8 Å². The molecular formula is C26H28CoO3. The van der Waals surface area contributed by atoms with Crippen molar-refractivity contribution in [3.8, 4) is 5.75 Å². The van der Waals surface area contributed by atoms with Crippen molar-refractivity contribution in [3.63, 3.8) is 0 Å². The van der Waals surface area contributed by atoms with Crippen molar-refractivity contribution in [1.82, 2.24) is 0 Å². The smallest absolute Gasteiger partial charge is 0.0392 e. The van der Waals surface area contributed by atoms with Crippen LogP contribution in [0.2, 0.25) is 5.86 Å².